The molecule has 106 valence electrons. The van der Waals surface area contributed by atoms with Crippen molar-refractivity contribution in [3.8, 4) is 5.75 Å². The average molecular weight is 269 g/mol. The van der Waals surface area contributed by atoms with E-state index in [-0.39, 0.29) is 6.10 Å². The molecule has 0 saturated carbocycles. The molecule has 0 fully saturated rings. The first kappa shape index (κ1) is 14.4. The van der Waals surface area contributed by atoms with Crippen LogP contribution in [0.5, 0.6) is 5.75 Å². The molecule has 0 saturated heterocycles. The highest BCUT2D eigenvalue weighted by Gasteiger charge is 2.09. The van der Waals surface area contributed by atoms with E-state index in [0.29, 0.717) is 0 Å². The second kappa shape index (κ2) is 6.99. The molecular weight excluding hydrogens is 246 g/mol. The van der Waals surface area contributed by atoms with Crippen molar-refractivity contribution in [3.05, 3.63) is 59.7 Å². The number of ether oxygens (including phenoxy) is 1. The monoisotopic (exact) mass is 269 g/mol. The summed E-state index contributed by atoms with van der Waals surface area (Å²) in [6, 6.07) is 16.4. The van der Waals surface area contributed by atoms with Crippen molar-refractivity contribution in [1.29, 1.82) is 0 Å². The van der Waals surface area contributed by atoms with Crippen molar-refractivity contribution >= 4 is 5.69 Å². The molecule has 2 aromatic rings. The first-order valence-corrected chi connectivity index (χ1v) is 7.22. The Bertz CT molecular complexity index is 536. The predicted octanol–water partition coefficient (Wildman–Crippen LogP) is 4.57. The van der Waals surface area contributed by atoms with Crippen LogP contribution in [0.1, 0.15) is 24.5 Å². The zero-order valence-electron chi connectivity index (χ0n) is 12.5. The van der Waals surface area contributed by atoms with Gasteiger partial charge in [0, 0.05) is 5.69 Å². The van der Waals surface area contributed by atoms with Crippen molar-refractivity contribution in [2.45, 2.75) is 33.3 Å². The number of nitrogens with one attached hydrogen (secondary N) is 1. The lowest BCUT2D eigenvalue weighted by Gasteiger charge is -2.20. The van der Waals surface area contributed by atoms with Crippen molar-refractivity contribution in [2.24, 2.45) is 0 Å². The SMILES string of the molecule is CCC(CNc1cccc(C)c1C)Oc1ccccc1. The molecule has 1 atom stereocenters. The van der Waals surface area contributed by atoms with Gasteiger partial charge in [-0.25, -0.2) is 0 Å². The second-order valence-corrected chi connectivity index (χ2v) is 5.09. The Morgan fingerprint density at radius 1 is 1.00 bits per heavy atom. The molecule has 0 aliphatic rings. The second-order valence-electron chi connectivity index (χ2n) is 5.09. The third-order valence-electron chi connectivity index (χ3n) is 3.63. The molecule has 20 heavy (non-hydrogen) atoms. The van der Waals surface area contributed by atoms with E-state index >= 15 is 0 Å². The Balaban J connectivity index is 1.95. The van der Waals surface area contributed by atoms with Gasteiger partial charge >= 0.3 is 0 Å². The number of benzene rings is 2. The predicted molar refractivity (Wildman–Crippen MR) is 85.6 cm³/mol. The highest BCUT2D eigenvalue weighted by molar-refractivity contribution is 5.53. The number of para-hydroxylation sites is 1. The fraction of sp³-hybridized carbons (Fsp3) is 0.333. The van der Waals surface area contributed by atoms with Crippen LogP contribution in [0, 0.1) is 13.8 Å². The zero-order chi connectivity index (χ0) is 14.4. The summed E-state index contributed by atoms with van der Waals surface area (Å²) < 4.78 is 5.99. The maximum Gasteiger partial charge on any atom is 0.119 e. The molecule has 0 heterocycles. The van der Waals surface area contributed by atoms with Gasteiger partial charge in [-0.15, -0.1) is 0 Å². The Hall–Kier alpha value is -1.96. The van der Waals surface area contributed by atoms with E-state index in [2.05, 4.69) is 44.3 Å². The van der Waals surface area contributed by atoms with Crippen molar-refractivity contribution in [1.82, 2.24) is 0 Å². The van der Waals surface area contributed by atoms with Gasteiger partial charge in [0.2, 0.25) is 0 Å². The van der Waals surface area contributed by atoms with Crippen molar-refractivity contribution in [2.75, 3.05) is 11.9 Å². The minimum Gasteiger partial charge on any atom is -0.489 e. The van der Waals surface area contributed by atoms with Gasteiger partial charge in [0.15, 0.2) is 0 Å². The molecule has 0 aliphatic heterocycles. The molecule has 2 heteroatoms. The fourth-order valence-corrected chi connectivity index (χ4v) is 2.13. The van der Waals surface area contributed by atoms with E-state index in [4.69, 9.17) is 4.74 Å². The van der Waals surface area contributed by atoms with Crippen LogP contribution >= 0.6 is 0 Å². The molecular formula is C18H23NO. The minimum atomic E-state index is 0.178. The average Bonchev–Trinajstić information content (AvgIpc) is 2.48. The van der Waals surface area contributed by atoms with Crippen LogP contribution in [0.3, 0.4) is 0 Å². The number of aryl methyl sites for hydroxylation is 1. The van der Waals surface area contributed by atoms with Crippen LogP contribution in [0.2, 0.25) is 0 Å². The van der Waals surface area contributed by atoms with Crippen LogP contribution in [0.25, 0.3) is 0 Å². The summed E-state index contributed by atoms with van der Waals surface area (Å²) in [7, 11) is 0. The fourth-order valence-electron chi connectivity index (χ4n) is 2.13. The van der Waals surface area contributed by atoms with Crippen molar-refractivity contribution < 1.29 is 4.74 Å². The lowest BCUT2D eigenvalue weighted by atomic mass is 10.1. The van der Waals surface area contributed by atoms with E-state index in [9.17, 15) is 0 Å². The van der Waals surface area contributed by atoms with Gasteiger partial charge in [-0.3, -0.25) is 0 Å². The quantitative estimate of drug-likeness (QED) is 0.829. The smallest absolute Gasteiger partial charge is 0.119 e. The molecule has 0 aliphatic carbocycles. The molecule has 0 bridgehead atoms. The summed E-state index contributed by atoms with van der Waals surface area (Å²) in [6.07, 6.45) is 1.16. The molecule has 1 unspecified atom stereocenters. The van der Waals surface area contributed by atoms with Crippen molar-refractivity contribution in [3.63, 3.8) is 0 Å². The van der Waals surface area contributed by atoms with Crippen LogP contribution in [-0.4, -0.2) is 12.6 Å². The summed E-state index contributed by atoms with van der Waals surface area (Å²) in [6.45, 7) is 7.25. The summed E-state index contributed by atoms with van der Waals surface area (Å²) in [5.41, 5.74) is 3.81. The van der Waals surface area contributed by atoms with Gasteiger partial charge in [-0.2, -0.15) is 0 Å². The summed E-state index contributed by atoms with van der Waals surface area (Å²) in [5.74, 6) is 0.933. The number of hydrogen-bond acceptors (Lipinski definition) is 2. The number of anilines is 1. The zero-order valence-corrected chi connectivity index (χ0v) is 12.5. The molecule has 0 radical (unpaired) electrons. The molecule has 0 aromatic heterocycles. The highest BCUT2D eigenvalue weighted by atomic mass is 16.5. The van der Waals surface area contributed by atoms with E-state index in [1.807, 2.05) is 30.3 Å². The maximum absolute atomic E-state index is 5.99. The molecule has 2 rings (SSSR count). The van der Waals surface area contributed by atoms with Gasteiger partial charge < -0.3 is 10.1 Å². The van der Waals surface area contributed by atoms with E-state index in [1.165, 1.54) is 16.8 Å². The van der Waals surface area contributed by atoms with Crippen LogP contribution < -0.4 is 10.1 Å². The maximum atomic E-state index is 5.99. The van der Waals surface area contributed by atoms with E-state index < -0.39 is 0 Å². The van der Waals surface area contributed by atoms with E-state index in [1.54, 1.807) is 0 Å². The molecule has 2 aromatic carbocycles. The lowest BCUT2D eigenvalue weighted by Crippen LogP contribution is -2.25. The summed E-state index contributed by atoms with van der Waals surface area (Å²) >= 11 is 0. The molecule has 0 amide bonds. The number of rotatable bonds is 6. The molecule has 0 spiro atoms. The minimum absolute atomic E-state index is 0.178. The van der Waals surface area contributed by atoms with Gasteiger partial charge in [0.1, 0.15) is 11.9 Å². The Labute approximate surface area is 121 Å². The third kappa shape index (κ3) is 3.77. The van der Waals surface area contributed by atoms with Crippen LogP contribution in [0.4, 0.5) is 5.69 Å². The first-order valence-electron chi connectivity index (χ1n) is 7.22. The van der Waals surface area contributed by atoms with Gasteiger partial charge in [0.25, 0.3) is 0 Å². The summed E-state index contributed by atoms with van der Waals surface area (Å²) in [5, 5.41) is 3.50. The normalized spacial score (nSPS) is 11.9. The Morgan fingerprint density at radius 2 is 1.75 bits per heavy atom. The van der Waals surface area contributed by atoms with E-state index in [0.717, 1.165) is 18.7 Å². The first-order chi connectivity index (χ1) is 9.70. The van der Waals surface area contributed by atoms with Gasteiger partial charge in [-0.05, 0) is 49.6 Å². The largest absolute Gasteiger partial charge is 0.489 e. The third-order valence-corrected chi connectivity index (χ3v) is 3.63. The van der Waals surface area contributed by atoms with Crippen LogP contribution in [0.15, 0.2) is 48.5 Å². The Kier molecular flexibility index (Phi) is 5.05. The summed E-state index contributed by atoms with van der Waals surface area (Å²) in [4.78, 5) is 0. The van der Waals surface area contributed by atoms with Gasteiger partial charge in [-0.1, -0.05) is 37.3 Å². The molecule has 2 nitrogen and oxygen atoms in total. The highest BCUT2D eigenvalue weighted by Crippen LogP contribution is 2.19. The topological polar surface area (TPSA) is 21.3 Å². The molecule has 1 N–H and O–H groups in total. The Morgan fingerprint density at radius 3 is 2.45 bits per heavy atom. The lowest BCUT2D eigenvalue weighted by molar-refractivity contribution is 0.210. The van der Waals surface area contributed by atoms with Crippen LogP contribution in [-0.2, 0) is 0 Å². The number of hydrogen-bond donors (Lipinski definition) is 1. The standard InChI is InChI=1S/C18H23NO/c1-4-16(20-17-10-6-5-7-11-17)13-19-18-12-8-9-14(2)15(18)3/h5-12,16,19H,4,13H2,1-3H3. The van der Waals surface area contributed by atoms with Gasteiger partial charge in [0.05, 0.1) is 6.54 Å².